The minimum atomic E-state index is -0.0694. The molecule has 2 rings (SSSR count). The Hall–Kier alpha value is 0. The molecule has 9 heavy (non-hydrogen) atoms. The fraction of sp³-hybridized carbons (Fsp3) is 1.00. The molecule has 0 heteroatoms. The van der Waals surface area contributed by atoms with Gasteiger partial charge in [0.1, 0.15) is 0 Å². The van der Waals surface area contributed by atoms with Gasteiger partial charge in [0.2, 0.25) is 0 Å². The molecule has 0 aromatic rings. The smallest absolute Gasteiger partial charge is 0.0267 e. The van der Waals surface area contributed by atoms with E-state index < -0.39 is 0 Å². The van der Waals surface area contributed by atoms with Gasteiger partial charge in [-0.1, -0.05) is 57.7 Å². The first-order chi connectivity index (χ1) is 5.70. The lowest BCUT2D eigenvalue weighted by Crippen LogP contribution is -1.85. The maximum Gasteiger partial charge on any atom is 0.0267 e. The largest absolute Gasteiger partial charge is 0.0533 e. The molecule has 2 saturated carbocycles. The Morgan fingerprint density at radius 2 is 1.00 bits per heavy atom. The van der Waals surface area contributed by atoms with E-state index in [4.69, 9.17) is 4.11 Å². The number of hydrogen-bond donors (Lipinski definition) is 0. The predicted molar refractivity (Wildman–Crippen MR) is 41.6 cm³/mol. The van der Waals surface area contributed by atoms with Crippen molar-refractivity contribution in [3.8, 4) is 0 Å². The maximum atomic E-state index is 7.15. The van der Waals surface area contributed by atoms with Gasteiger partial charge < -0.3 is 0 Å². The molecular formula is C9H18. The summed E-state index contributed by atoms with van der Waals surface area (Å²) in [4.78, 5) is 0. The third kappa shape index (κ3) is 3.56. The zero-order valence-corrected chi connectivity index (χ0v) is 5.97. The lowest BCUT2D eigenvalue weighted by Gasteiger charge is -2.05. The fourth-order valence-electron chi connectivity index (χ4n) is 0.793. The van der Waals surface area contributed by atoms with Crippen LogP contribution in [0.4, 0.5) is 0 Å². The molecule has 2 aliphatic carbocycles. The van der Waals surface area contributed by atoms with Crippen molar-refractivity contribution in [1.82, 2.24) is 0 Å². The molecule has 0 aliphatic heterocycles. The Balaban J connectivity index is 0.000000127. The fourth-order valence-corrected chi connectivity index (χ4v) is 0.793. The summed E-state index contributed by atoms with van der Waals surface area (Å²) in [7, 11) is 0. The van der Waals surface area contributed by atoms with E-state index in [1.807, 2.05) is 0 Å². The van der Waals surface area contributed by atoms with Crippen LogP contribution in [0.5, 0.6) is 0 Å². The van der Waals surface area contributed by atoms with E-state index in [9.17, 15) is 0 Å². The molecule has 0 heterocycles. The van der Waals surface area contributed by atoms with Crippen molar-refractivity contribution in [2.24, 2.45) is 0 Å². The zero-order chi connectivity index (χ0) is 8.97. The van der Waals surface area contributed by atoms with Gasteiger partial charge in [-0.2, -0.15) is 0 Å². The molecule has 2 unspecified atom stereocenters. The first kappa shape index (κ1) is 4.00. The van der Waals surface area contributed by atoms with Crippen LogP contribution in [0.15, 0.2) is 0 Å². The zero-order valence-electron chi connectivity index (χ0n) is 8.97. The van der Waals surface area contributed by atoms with Gasteiger partial charge in [0.15, 0.2) is 0 Å². The van der Waals surface area contributed by atoms with Crippen LogP contribution in [0, 0.1) is 0 Å². The molecule has 54 valence electrons. The van der Waals surface area contributed by atoms with Gasteiger partial charge in [0.25, 0.3) is 0 Å². The average molecular weight is 132 g/mol. The van der Waals surface area contributed by atoms with Crippen LogP contribution in [0.25, 0.3) is 0 Å². The van der Waals surface area contributed by atoms with Gasteiger partial charge in [-0.05, 0) is 0 Å². The highest BCUT2D eigenvalue weighted by atomic mass is 14.0. The van der Waals surface area contributed by atoms with Gasteiger partial charge in [-0.3, -0.25) is 0 Å². The van der Waals surface area contributed by atoms with Gasteiger partial charge in [0.05, 0.1) is 0 Å². The standard InChI is InChI=1S/C5H10.C4H8/c1-2-4-5-3-1;1-2-4-3-1/h1-5H2;1-4H2/i1T,2T;1T. The van der Waals surface area contributed by atoms with Gasteiger partial charge >= 0.3 is 0 Å². The molecule has 0 nitrogen and oxygen atoms in total. The van der Waals surface area contributed by atoms with E-state index in [0.29, 0.717) is 6.40 Å². The second-order valence-corrected chi connectivity index (χ2v) is 2.62. The van der Waals surface area contributed by atoms with Crippen LogP contribution in [-0.4, -0.2) is 0 Å². The minimum absolute atomic E-state index is 0.0694. The molecule has 2 atom stereocenters. The Labute approximate surface area is 62.9 Å². The van der Waals surface area contributed by atoms with E-state index in [1.165, 1.54) is 6.42 Å². The van der Waals surface area contributed by atoms with Gasteiger partial charge in [0, 0.05) is 4.11 Å². The molecule has 2 fully saturated rings. The number of rotatable bonds is 0. The predicted octanol–water partition coefficient (Wildman–Crippen LogP) is 3.51. The summed E-state index contributed by atoms with van der Waals surface area (Å²) in [6.45, 7) is 0. The van der Waals surface area contributed by atoms with Crippen molar-refractivity contribution in [3.63, 3.8) is 0 Å². The Morgan fingerprint density at radius 1 is 0.556 bits per heavy atom. The van der Waals surface area contributed by atoms with Crippen LogP contribution >= 0.6 is 0 Å². The summed E-state index contributed by atoms with van der Waals surface area (Å²) in [5, 5.41) is 0. The lowest BCUT2D eigenvalue weighted by molar-refractivity contribution is 0.504. The summed E-state index contributed by atoms with van der Waals surface area (Å²) < 4.78 is 21.2. The van der Waals surface area contributed by atoms with Crippen molar-refractivity contribution >= 4 is 0 Å². The van der Waals surface area contributed by atoms with Crippen LogP contribution in [0.3, 0.4) is 0 Å². The molecule has 0 spiro atoms. The normalized spacial score (nSPS) is 47.3. The highest BCUT2D eigenvalue weighted by Crippen LogP contribution is 2.15. The van der Waals surface area contributed by atoms with Crippen molar-refractivity contribution in [2.75, 3.05) is 0 Å². The molecule has 0 radical (unpaired) electrons. The first-order valence-corrected chi connectivity index (χ1v) is 3.97. The van der Waals surface area contributed by atoms with Crippen LogP contribution in [0.2, 0.25) is 0 Å². The topological polar surface area (TPSA) is 0 Å². The molecule has 2 aliphatic rings. The van der Waals surface area contributed by atoms with E-state index in [1.54, 1.807) is 0 Å². The van der Waals surface area contributed by atoms with Gasteiger partial charge in [-0.15, -0.1) is 0 Å². The Kier molecular flexibility index (Phi) is 2.15. The quantitative estimate of drug-likeness (QED) is 0.473. The maximum absolute atomic E-state index is 7.15. The molecule has 0 bridgehead atoms. The summed E-state index contributed by atoms with van der Waals surface area (Å²) >= 11 is 0. The lowest BCUT2D eigenvalue weighted by atomic mass is 10.0. The summed E-state index contributed by atoms with van der Waals surface area (Å²) in [6, 6.07) is 0. The van der Waals surface area contributed by atoms with Crippen molar-refractivity contribution < 1.29 is 4.11 Å². The van der Waals surface area contributed by atoms with Crippen molar-refractivity contribution in [3.05, 3.63) is 0 Å². The van der Waals surface area contributed by atoms with E-state index in [2.05, 4.69) is 0 Å². The monoisotopic (exact) mass is 132 g/mol. The van der Waals surface area contributed by atoms with Crippen LogP contribution in [0.1, 0.15) is 61.8 Å². The van der Waals surface area contributed by atoms with Crippen LogP contribution in [-0.2, 0) is 0 Å². The second-order valence-electron chi connectivity index (χ2n) is 2.62. The second kappa shape index (κ2) is 4.84. The summed E-state index contributed by atoms with van der Waals surface area (Å²) in [5.41, 5.74) is 0. The van der Waals surface area contributed by atoms with E-state index in [0.717, 1.165) is 32.1 Å². The van der Waals surface area contributed by atoms with E-state index >= 15 is 0 Å². The van der Waals surface area contributed by atoms with Crippen LogP contribution < -0.4 is 0 Å². The van der Waals surface area contributed by atoms with Crippen molar-refractivity contribution in [1.29, 1.82) is 0 Å². The highest BCUT2D eigenvalue weighted by Gasteiger charge is 1.95. The third-order valence-electron chi connectivity index (χ3n) is 1.72. The Bertz CT molecular complexity index is 115. The van der Waals surface area contributed by atoms with Gasteiger partial charge in [-0.25, -0.2) is 0 Å². The molecule has 0 aromatic carbocycles. The number of hydrogen-bond acceptors (Lipinski definition) is 0. The molecular weight excluding hydrogens is 108 g/mol. The molecule has 0 amide bonds. The molecule has 0 saturated heterocycles. The summed E-state index contributed by atoms with van der Waals surface area (Å²) in [5.74, 6) is 0. The first-order valence-electron chi connectivity index (χ1n) is 5.70. The van der Waals surface area contributed by atoms with E-state index in [-0.39, 0.29) is 12.8 Å². The molecule has 0 aromatic heterocycles. The molecule has 0 N–H and O–H groups in total. The minimum Gasteiger partial charge on any atom is -0.0533 e. The highest BCUT2D eigenvalue weighted by molar-refractivity contribution is 4.51. The third-order valence-corrected chi connectivity index (χ3v) is 1.72. The average Bonchev–Trinajstić information content (AvgIpc) is 2.34. The van der Waals surface area contributed by atoms with Crippen molar-refractivity contribution in [2.45, 2.75) is 57.7 Å². The summed E-state index contributed by atoms with van der Waals surface area (Å²) in [6.07, 6.45) is 6.79. The Morgan fingerprint density at radius 3 is 1.11 bits per heavy atom. The SMILES string of the molecule is [3H]C1CCC1.[3H]C1CCCC1[3H].